The second kappa shape index (κ2) is 4.65. The molecule has 2 aromatic carbocycles. The van der Waals surface area contributed by atoms with E-state index in [0.29, 0.717) is 0 Å². The van der Waals surface area contributed by atoms with Crippen molar-refractivity contribution in [3.8, 4) is 0 Å². The maximum atomic E-state index is 13.4. The van der Waals surface area contributed by atoms with Crippen molar-refractivity contribution >= 4 is 17.4 Å². The highest BCUT2D eigenvalue weighted by Crippen LogP contribution is 2.35. The van der Waals surface area contributed by atoms with Crippen LogP contribution >= 0.6 is 11.8 Å². The van der Waals surface area contributed by atoms with Gasteiger partial charge in [-0.25, -0.2) is 4.39 Å². The zero-order valence-electron chi connectivity index (χ0n) is 9.95. The molecule has 18 heavy (non-hydrogen) atoms. The Morgan fingerprint density at radius 3 is 2.78 bits per heavy atom. The molecule has 0 aromatic heterocycles. The van der Waals surface area contributed by atoms with Crippen LogP contribution in [0.25, 0.3) is 0 Å². The molecule has 92 valence electrons. The summed E-state index contributed by atoms with van der Waals surface area (Å²) in [4.78, 5) is 1.92. The van der Waals surface area contributed by atoms with E-state index in [1.165, 1.54) is 41.8 Å². The summed E-state index contributed by atoms with van der Waals surface area (Å²) >= 11 is 1.53. The van der Waals surface area contributed by atoms with Crippen LogP contribution in [0.15, 0.2) is 46.2 Å². The molecule has 0 saturated heterocycles. The molecule has 1 aliphatic rings. The van der Waals surface area contributed by atoms with Crippen molar-refractivity contribution < 1.29 is 4.39 Å². The smallest absolute Gasteiger partial charge is 0.147 e. The summed E-state index contributed by atoms with van der Waals surface area (Å²) in [7, 11) is 0. The fraction of sp³-hybridized carbons (Fsp3) is 0.200. The number of benzene rings is 2. The first-order chi connectivity index (χ1) is 8.74. The lowest BCUT2D eigenvalue weighted by Gasteiger charge is -2.07. The minimum Gasteiger partial charge on any atom is -0.395 e. The van der Waals surface area contributed by atoms with Crippen LogP contribution in [0.1, 0.15) is 17.5 Å². The van der Waals surface area contributed by atoms with Gasteiger partial charge < -0.3 is 5.73 Å². The van der Waals surface area contributed by atoms with Gasteiger partial charge in [0.15, 0.2) is 0 Å². The molecule has 0 saturated carbocycles. The van der Waals surface area contributed by atoms with Gasteiger partial charge in [0.05, 0.1) is 5.69 Å². The Morgan fingerprint density at radius 1 is 1.06 bits per heavy atom. The van der Waals surface area contributed by atoms with Gasteiger partial charge >= 0.3 is 0 Å². The first kappa shape index (κ1) is 11.6. The zero-order chi connectivity index (χ0) is 12.5. The minimum atomic E-state index is -0.346. The Bertz CT molecular complexity index is 595. The summed E-state index contributed by atoms with van der Waals surface area (Å²) in [5.74, 6) is -0.346. The standard InChI is InChI=1S/C15H14FNS/c16-13-5-2-6-14(15(13)17)18-12-8-7-10-3-1-4-11(10)9-12/h2,5-9H,1,3-4,17H2. The first-order valence-electron chi connectivity index (χ1n) is 6.08. The molecule has 0 fully saturated rings. The van der Waals surface area contributed by atoms with Gasteiger partial charge in [-0.1, -0.05) is 23.9 Å². The number of halogens is 1. The number of anilines is 1. The van der Waals surface area contributed by atoms with Crippen molar-refractivity contribution in [2.45, 2.75) is 29.1 Å². The molecule has 0 spiro atoms. The molecule has 2 aromatic rings. The Balaban J connectivity index is 1.90. The van der Waals surface area contributed by atoms with Gasteiger partial charge in [-0.05, 0) is 54.7 Å². The van der Waals surface area contributed by atoms with E-state index in [1.54, 1.807) is 6.07 Å². The third-order valence-corrected chi connectivity index (χ3v) is 4.38. The van der Waals surface area contributed by atoms with Crippen LogP contribution in [0.4, 0.5) is 10.1 Å². The number of aryl methyl sites for hydroxylation is 2. The SMILES string of the molecule is Nc1c(F)cccc1Sc1ccc2c(c1)CCC2. The average Bonchev–Trinajstić information content (AvgIpc) is 2.82. The Labute approximate surface area is 110 Å². The van der Waals surface area contributed by atoms with Gasteiger partial charge in [0.25, 0.3) is 0 Å². The van der Waals surface area contributed by atoms with E-state index in [2.05, 4.69) is 18.2 Å². The average molecular weight is 259 g/mol. The van der Waals surface area contributed by atoms with Crippen LogP contribution < -0.4 is 5.73 Å². The second-order valence-corrected chi connectivity index (χ2v) is 5.65. The molecule has 3 rings (SSSR count). The summed E-state index contributed by atoms with van der Waals surface area (Å²) in [5, 5.41) is 0. The van der Waals surface area contributed by atoms with E-state index in [9.17, 15) is 4.39 Å². The maximum absolute atomic E-state index is 13.4. The number of para-hydroxylation sites is 1. The molecular formula is C15H14FNS. The van der Waals surface area contributed by atoms with E-state index < -0.39 is 0 Å². The van der Waals surface area contributed by atoms with Crippen LogP contribution in [-0.2, 0) is 12.8 Å². The number of nitrogens with two attached hydrogens (primary N) is 1. The lowest BCUT2D eigenvalue weighted by Crippen LogP contribution is -1.92. The summed E-state index contributed by atoms with van der Waals surface area (Å²) in [6, 6.07) is 11.4. The molecule has 0 bridgehead atoms. The van der Waals surface area contributed by atoms with Crippen molar-refractivity contribution in [2.24, 2.45) is 0 Å². The molecule has 3 heteroatoms. The van der Waals surface area contributed by atoms with E-state index in [4.69, 9.17) is 5.73 Å². The lowest BCUT2D eigenvalue weighted by atomic mass is 10.1. The van der Waals surface area contributed by atoms with Crippen LogP contribution in [0.3, 0.4) is 0 Å². The highest BCUT2D eigenvalue weighted by Gasteiger charge is 2.12. The normalized spacial score (nSPS) is 13.6. The molecule has 0 unspecified atom stereocenters. The van der Waals surface area contributed by atoms with E-state index in [-0.39, 0.29) is 11.5 Å². The highest BCUT2D eigenvalue weighted by atomic mass is 32.2. The quantitative estimate of drug-likeness (QED) is 0.823. The van der Waals surface area contributed by atoms with Crippen molar-refractivity contribution in [3.63, 3.8) is 0 Å². The third kappa shape index (κ3) is 2.10. The molecule has 0 aliphatic heterocycles. The van der Waals surface area contributed by atoms with Crippen LogP contribution in [0, 0.1) is 5.82 Å². The number of fused-ring (bicyclic) bond motifs is 1. The van der Waals surface area contributed by atoms with Crippen molar-refractivity contribution in [3.05, 3.63) is 53.3 Å². The van der Waals surface area contributed by atoms with E-state index >= 15 is 0 Å². The number of hydrogen-bond donors (Lipinski definition) is 1. The largest absolute Gasteiger partial charge is 0.395 e. The van der Waals surface area contributed by atoms with Gasteiger partial charge in [0.1, 0.15) is 5.82 Å². The predicted octanol–water partition coefficient (Wildman–Crippen LogP) is 4.05. The number of nitrogen functional groups attached to an aromatic ring is 1. The fourth-order valence-corrected chi connectivity index (χ4v) is 3.29. The maximum Gasteiger partial charge on any atom is 0.147 e. The lowest BCUT2D eigenvalue weighted by molar-refractivity contribution is 0.629. The second-order valence-electron chi connectivity index (χ2n) is 4.54. The molecule has 0 radical (unpaired) electrons. The molecular weight excluding hydrogens is 245 g/mol. The fourth-order valence-electron chi connectivity index (χ4n) is 2.34. The van der Waals surface area contributed by atoms with Crippen molar-refractivity contribution in [2.75, 3.05) is 5.73 Å². The number of hydrogen-bond acceptors (Lipinski definition) is 2. The molecule has 0 heterocycles. The first-order valence-corrected chi connectivity index (χ1v) is 6.89. The summed E-state index contributed by atoms with van der Waals surface area (Å²) < 4.78 is 13.4. The highest BCUT2D eigenvalue weighted by molar-refractivity contribution is 7.99. The monoisotopic (exact) mass is 259 g/mol. The Morgan fingerprint density at radius 2 is 1.89 bits per heavy atom. The molecule has 0 amide bonds. The van der Waals surface area contributed by atoms with Crippen LogP contribution in [0.2, 0.25) is 0 Å². The predicted molar refractivity (Wildman–Crippen MR) is 73.4 cm³/mol. The van der Waals surface area contributed by atoms with Gasteiger partial charge in [-0.15, -0.1) is 0 Å². The van der Waals surface area contributed by atoms with Gasteiger partial charge in [0, 0.05) is 9.79 Å². The minimum absolute atomic E-state index is 0.239. The molecule has 1 aliphatic carbocycles. The van der Waals surface area contributed by atoms with Crippen LogP contribution in [-0.4, -0.2) is 0 Å². The van der Waals surface area contributed by atoms with Gasteiger partial charge in [0.2, 0.25) is 0 Å². The van der Waals surface area contributed by atoms with Crippen molar-refractivity contribution in [1.82, 2.24) is 0 Å². The Kier molecular flexibility index (Phi) is 3.00. The molecule has 0 atom stereocenters. The van der Waals surface area contributed by atoms with Crippen molar-refractivity contribution in [1.29, 1.82) is 0 Å². The molecule has 2 N–H and O–H groups in total. The summed E-state index contributed by atoms with van der Waals surface area (Å²) in [5.41, 5.74) is 8.86. The van der Waals surface area contributed by atoms with Crippen LogP contribution in [0.5, 0.6) is 0 Å². The van der Waals surface area contributed by atoms with Gasteiger partial charge in [-0.2, -0.15) is 0 Å². The Hall–Kier alpha value is -1.48. The van der Waals surface area contributed by atoms with E-state index in [1.807, 2.05) is 6.07 Å². The zero-order valence-corrected chi connectivity index (χ0v) is 10.8. The topological polar surface area (TPSA) is 26.0 Å². The summed E-state index contributed by atoms with van der Waals surface area (Å²) in [6.45, 7) is 0. The third-order valence-electron chi connectivity index (χ3n) is 3.31. The van der Waals surface area contributed by atoms with E-state index in [0.717, 1.165) is 16.2 Å². The van der Waals surface area contributed by atoms with Gasteiger partial charge in [-0.3, -0.25) is 0 Å². The number of rotatable bonds is 2. The molecule has 1 nitrogen and oxygen atoms in total. The summed E-state index contributed by atoms with van der Waals surface area (Å²) in [6.07, 6.45) is 3.58.